The Labute approximate surface area is 234 Å². The van der Waals surface area contributed by atoms with Crippen molar-refractivity contribution in [2.75, 3.05) is 24.5 Å². The van der Waals surface area contributed by atoms with Crippen LogP contribution >= 0.6 is 0 Å². The highest BCUT2D eigenvalue weighted by atomic mass is 19.1. The van der Waals surface area contributed by atoms with E-state index in [4.69, 9.17) is 9.47 Å². The highest BCUT2D eigenvalue weighted by Gasteiger charge is 2.71. The van der Waals surface area contributed by atoms with Crippen molar-refractivity contribution >= 4 is 17.9 Å². The van der Waals surface area contributed by atoms with Gasteiger partial charge >= 0.3 is 12.2 Å². The molecule has 2 saturated heterocycles. The number of rotatable bonds is 5. The molecular formula is C28H27F2N7O4. The zero-order valence-electron chi connectivity index (χ0n) is 22.6. The van der Waals surface area contributed by atoms with Crippen LogP contribution in [0.3, 0.4) is 0 Å². The molecule has 212 valence electrons. The largest absolute Gasteiger partial charge is 0.444 e. The number of pyridine rings is 1. The average Bonchev–Trinajstić information content (AvgIpc) is 3.41. The van der Waals surface area contributed by atoms with Crippen molar-refractivity contribution in [2.24, 2.45) is 11.8 Å². The quantitative estimate of drug-likeness (QED) is 0.458. The van der Waals surface area contributed by atoms with Crippen molar-refractivity contribution in [3.05, 3.63) is 60.2 Å². The molecule has 2 aliphatic heterocycles. The predicted molar refractivity (Wildman–Crippen MR) is 139 cm³/mol. The van der Waals surface area contributed by atoms with E-state index in [1.165, 1.54) is 23.3 Å². The molecule has 41 heavy (non-hydrogen) atoms. The summed E-state index contributed by atoms with van der Waals surface area (Å²) in [4.78, 5) is 31.9. The lowest BCUT2D eigenvalue weighted by atomic mass is 9.86. The molecule has 0 bridgehead atoms. The molecule has 0 N–H and O–H groups in total. The van der Waals surface area contributed by atoms with Crippen LogP contribution in [-0.4, -0.2) is 68.4 Å². The predicted octanol–water partition coefficient (Wildman–Crippen LogP) is 3.90. The molecule has 0 radical (unpaired) electrons. The molecule has 0 spiro atoms. The van der Waals surface area contributed by atoms with Crippen molar-refractivity contribution in [1.82, 2.24) is 24.9 Å². The molecule has 2 aromatic heterocycles. The first-order valence-electron chi connectivity index (χ1n) is 13.2. The lowest BCUT2D eigenvalue weighted by Gasteiger charge is -2.27. The minimum Gasteiger partial charge on any atom is -0.444 e. The highest BCUT2D eigenvalue weighted by molar-refractivity contribution is 5.90. The van der Waals surface area contributed by atoms with Gasteiger partial charge in [0.2, 0.25) is 0 Å². The number of piperidine rings is 1. The molecule has 3 fully saturated rings. The number of benzene rings is 1. The standard InChI is InChI=1S/C28H27F2N7O4/c1-27(2,3)41-25(38)35-13-20-21(14-35)28(20,15-31)19-4-5-32-10-18(19)24-22(29)8-16(9-23(24)30)37-12-17(40-26(37)39)11-36-7-6-33-34-36/h4-10,17,20-21H,11-14H2,1-3H3/t17-,20-,21-/m0/s1. The van der Waals surface area contributed by atoms with E-state index in [0.717, 1.165) is 17.0 Å². The Kier molecular flexibility index (Phi) is 6.17. The fraction of sp³-hybridized carbons (Fsp3) is 0.429. The van der Waals surface area contributed by atoms with Gasteiger partial charge in [0, 0.05) is 49.1 Å². The Morgan fingerprint density at radius 2 is 1.90 bits per heavy atom. The van der Waals surface area contributed by atoms with Gasteiger partial charge in [0.05, 0.1) is 42.0 Å². The molecule has 13 heteroatoms. The van der Waals surface area contributed by atoms with Crippen LogP contribution in [0.25, 0.3) is 11.1 Å². The van der Waals surface area contributed by atoms with Gasteiger partial charge in [-0.25, -0.2) is 23.1 Å². The molecule has 1 saturated carbocycles. The van der Waals surface area contributed by atoms with Crippen LogP contribution in [0.1, 0.15) is 26.3 Å². The normalized spacial score (nSPS) is 25.1. The number of halogens is 2. The van der Waals surface area contributed by atoms with E-state index < -0.39 is 40.9 Å². The number of nitrogens with zero attached hydrogens (tertiary/aromatic N) is 7. The van der Waals surface area contributed by atoms with Crippen LogP contribution in [-0.2, 0) is 21.4 Å². The Balaban J connectivity index is 1.26. The fourth-order valence-corrected chi connectivity index (χ4v) is 6.02. The molecule has 4 heterocycles. The molecule has 0 unspecified atom stereocenters. The van der Waals surface area contributed by atoms with Crippen molar-refractivity contribution in [2.45, 2.75) is 44.4 Å². The number of amides is 2. The van der Waals surface area contributed by atoms with Crippen molar-refractivity contribution in [3.63, 3.8) is 0 Å². The second-order valence-electron chi connectivity index (χ2n) is 11.5. The zero-order chi connectivity index (χ0) is 29.1. The fourth-order valence-electron chi connectivity index (χ4n) is 6.02. The summed E-state index contributed by atoms with van der Waals surface area (Å²) in [5.74, 6) is -2.24. The van der Waals surface area contributed by atoms with Gasteiger partial charge in [0.15, 0.2) is 0 Å². The summed E-state index contributed by atoms with van der Waals surface area (Å²) >= 11 is 0. The summed E-state index contributed by atoms with van der Waals surface area (Å²) in [6, 6.07) is 6.13. The summed E-state index contributed by atoms with van der Waals surface area (Å²) in [6.07, 6.45) is 4.17. The summed E-state index contributed by atoms with van der Waals surface area (Å²) in [6.45, 7) is 6.25. The van der Waals surface area contributed by atoms with Gasteiger partial charge in [-0.3, -0.25) is 9.88 Å². The molecule has 3 atom stereocenters. The summed E-state index contributed by atoms with van der Waals surface area (Å²) in [7, 11) is 0. The molecule has 6 rings (SSSR count). The maximum absolute atomic E-state index is 15.7. The van der Waals surface area contributed by atoms with Gasteiger partial charge in [0.25, 0.3) is 0 Å². The smallest absolute Gasteiger partial charge is 0.414 e. The first-order chi connectivity index (χ1) is 19.5. The van der Waals surface area contributed by atoms with E-state index in [9.17, 15) is 14.9 Å². The van der Waals surface area contributed by atoms with Crippen LogP contribution in [0.5, 0.6) is 0 Å². The number of carbonyl (C=O) groups excluding carboxylic acids is 2. The van der Waals surface area contributed by atoms with E-state index in [0.29, 0.717) is 18.7 Å². The topological polar surface area (TPSA) is 126 Å². The third-order valence-electron chi connectivity index (χ3n) is 7.83. The number of fused-ring (bicyclic) bond motifs is 1. The molecule has 1 aliphatic carbocycles. The number of hydrogen-bond donors (Lipinski definition) is 0. The second-order valence-corrected chi connectivity index (χ2v) is 11.5. The Morgan fingerprint density at radius 1 is 1.20 bits per heavy atom. The maximum Gasteiger partial charge on any atom is 0.414 e. The minimum absolute atomic E-state index is 0.00608. The van der Waals surface area contributed by atoms with Crippen LogP contribution in [0.4, 0.5) is 24.1 Å². The third kappa shape index (κ3) is 4.53. The van der Waals surface area contributed by atoms with E-state index in [1.54, 1.807) is 37.9 Å². The van der Waals surface area contributed by atoms with Gasteiger partial charge < -0.3 is 14.4 Å². The summed E-state index contributed by atoms with van der Waals surface area (Å²) in [5.41, 5.74) is -1.41. The van der Waals surface area contributed by atoms with Crippen molar-refractivity contribution in [1.29, 1.82) is 5.26 Å². The number of ether oxygens (including phenoxy) is 2. The van der Waals surface area contributed by atoms with Gasteiger partial charge in [-0.05, 0) is 44.5 Å². The number of cyclic esters (lactones) is 1. The molecular weight excluding hydrogens is 536 g/mol. The second kappa shape index (κ2) is 9.50. The monoisotopic (exact) mass is 563 g/mol. The molecule has 3 aliphatic rings. The number of likely N-dealkylation sites (tertiary alicyclic amines) is 1. The van der Waals surface area contributed by atoms with E-state index >= 15 is 8.78 Å². The highest BCUT2D eigenvalue weighted by Crippen LogP contribution is 2.64. The van der Waals surface area contributed by atoms with Gasteiger partial charge in [-0.15, -0.1) is 5.10 Å². The summed E-state index contributed by atoms with van der Waals surface area (Å²) < 4.78 is 43.6. The van der Waals surface area contributed by atoms with E-state index in [1.807, 2.05) is 0 Å². The third-order valence-corrected chi connectivity index (χ3v) is 7.83. The lowest BCUT2D eigenvalue weighted by molar-refractivity contribution is 0.0266. The first kappa shape index (κ1) is 26.6. The molecule has 11 nitrogen and oxygen atoms in total. The minimum atomic E-state index is -1.03. The first-order valence-corrected chi connectivity index (χ1v) is 13.2. The number of aromatic nitrogens is 4. The number of anilines is 1. The van der Waals surface area contributed by atoms with Gasteiger partial charge in [0.1, 0.15) is 23.3 Å². The van der Waals surface area contributed by atoms with Crippen LogP contribution < -0.4 is 4.90 Å². The maximum atomic E-state index is 15.7. The molecule has 3 aromatic rings. The van der Waals surface area contributed by atoms with E-state index in [2.05, 4.69) is 21.4 Å². The van der Waals surface area contributed by atoms with Crippen LogP contribution in [0, 0.1) is 34.8 Å². The van der Waals surface area contributed by atoms with Gasteiger partial charge in [-0.1, -0.05) is 5.21 Å². The number of nitriles is 1. The van der Waals surface area contributed by atoms with Crippen LogP contribution in [0.2, 0.25) is 0 Å². The summed E-state index contributed by atoms with van der Waals surface area (Å²) in [5, 5.41) is 17.9. The Hall–Kier alpha value is -4.60. The number of carbonyl (C=O) groups is 2. The Bertz CT molecular complexity index is 1530. The lowest BCUT2D eigenvalue weighted by Crippen LogP contribution is -2.39. The van der Waals surface area contributed by atoms with E-state index in [-0.39, 0.29) is 41.7 Å². The molecule has 1 aromatic carbocycles. The van der Waals surface area contributed by atoms with Crippen molar-refractivity contribution < 1.29 is 27.8 Å². The average molecular weight is 564 g/mol. The van der Waals surface area contributed by atoms with Gasteiger partial charge in [-0.2, -0.15) is 5.26 Å². The zero-order valence-corrected chi connectivity index (χ0v) is 22.6. The Morgan fingerprint density at radius 3 is 2.51 bits per heavy atom. The van der Waals surface area contributed by atoms with Crippen LogP contribution in [0.15, 0.2) is 43.0 Å². The number of hydrogen-bond acceptors (Lipinski definition) is 8. The van der Waals surface area contributed by atoms with Crippen molar-refractivity contribution in [3.8, 4) is 17.2 Å². The SMILES string of the molecule is CC(C)(C)OC(=O)N1C[C@H]2[C@H](C1)C2(C#N)c1ccncc1-c1c(F)cc(N2C[C@H](Cn3ccnn3)OC2=O)cc1F. The molecule has 2 amide bonds.